The van der Waals surface area contributed by atoms with E-state index in [0.29, 0.717) is 5.56 Å². The Morgan fingerprint density at radius 2 is 1.95 bits per heavy atom. The van der Waals surface area contributed by atoms with E-state index in [0.717, 1.165) is 18.2 Å². The number of nitrogens with one attached hydrogen (secondary N) is 1. The van der Waals surface area contributed by atoms with Gasteiger partial charge in [0.2, 0.25) is 0 Å². The first kappa shape index (κ1) is 13.7. The summed E-state index contributed by atoms with van der Waals surface area (Å²) in [5.74, 6) is -2.46. The number of aromatic hydroxyl groups is 1. The highest BCUT2D eigenvalue weighted by Gasteiger charge is 2.11. The molecule has 0 aromatic heterocycles. The van der Waals surface area contributed by atoms with Crippen LogP contribution in [-0.2, 0) is 0 Å². The van der Waals surface area contributed by atoms with Crippen molar-refractivity contribution in [2.24, 2.45) is 5.10 Å². The molecule has 0 aliphatic rings. The standard InChI is InChI=1S/C14H10F2N2O2/c15-10-5-6-12(16)11(7-10)14(20)18-17-8-9-3-1-2-4-13(9)19/h1-8,19H,(H,18,20)/b17-8-. The Hall–Kier alpha value is -2.76. The van der Waals surface area contributed by atoms with Gasteiger partial charge in [-0.2, -0.15) is 5.10 Å². The van der Waals surface area contributed by atoms with E-state index in [1.54, 1.807) is 18.2 Å². The fourth-order valence-corrected chi connectivity index (χ4v) is 1.49. The van der Waals surface area contributed by atoms with Crippen LogP contribution in [-0.4, -0.2) is 17.2 Å². The number of phenolic OH excluding ortho intramolecular Hbond substituents is 1. The summed E-state index contributed by atoms with van der Waals surface area (Å²) in [6.07, 6.45) is 1.20. The van der Waals surface area contributed by atoms with Gasteiger partial charge in [0, 0.05) is 5.56 Å². The zero-order chi connectivity index (χ0) is 14.5. The summed E-state index contributed by atoms with van der Waals surface area (Å²) in [7, 11) is 0. The summed E-state index contributed by atoms with van der Waals surface area (Å²) in [6, 6.07) is 8.89. The van der Waals surface area contributed by atoms with Crippen molar-refractivity contribution >= 4 is 12.1 Å². The van der Waals surface area contributed by atoms with E-state index in [9.17, 15) is 18.7 Å². The third kappa shape index (κ3) is 3.17. The highest BCUT2D eigenvalue weighted by Crippen LogP contribution is 2.13. The van der Waals surface area contributed by atoms with Gasteiger partial charge in [0.05, 0.1) is 11.8 Å². The smallest absolute Gasteiger partial charge is 0.274 e. The molecule has 2 aromatic carbocycles. The molecule has 0 atom stereocenters. The van der Waals surface area contributed by atoms with Gasteiger partial charge >= 0.3 is 0 Å². The summed E-state index contributed by atoms with van der Waals surface area (Å²) < 4.78 is 26.2. The molecule has 2 N–H and O–H groups in total. The molecule has 0 spiro atoms. The molecule has 4 nitrogen and oxygen atoms in total. The van der Waals surface area contributed by atoms with Crippen molar-refractivity contribution in [3.8, 4) is 5.75 Å². The van der Waals surface area contributed by atoms with Crippen LogP contribution in [0.2, 0.25) is 0 Å². The van der Waals surface area contributed by atoms with Crippen LogP contribution in [0.15, 0.2) is 47.6 Å². The average Bonchev–Trinajstić information content (AvgIpc) is 2.43. The third-order valence-electron chi connectivity index (χ3n) is 2.48. The minimum atomic E-state index is -0.881. The fourth-order valence-electron chi connectivity index (χ4n) is 1.49. The molecular weight excluding hydrogens is 266 g/mol. The number of nitrogens with zero attached hydrogens (tertiary/aromatic N) is 1. The van der Waals surface area contributed by atoms with Crippen molar-refractivity contribution in [3.05, 3.63) is 65.2 Å². The summed E-state index contributed by atoms with van der Waals surface area (Å²) in [4.78, 5) is 11.6. The van der Waals surface area contributed by atoms with Gasteiger partial charge in [0.1, 0.15) is 17.4 Å². The number of carbonyl (C=O) groups is 1. The first-order chi connectivity index (χ1) is 9.58. The van der Waals surface area contributed by atoms with Gasteiger partial charge in [-0.05, 0) is 30.3 Å². The molecule has 0 unspecified atom stereocenters. The summed E-state index contributed by atoms with van der Waals surface area (Å²) >= 11 is 0. The van der Waals surface area contributed by atoms with Gasteiger partial charge in [-0.25, -0.2) is 14.2 Å². The van der Waals surface area contributed by atoms with Gasteiger partial charge in [-0.15, -0.1) is 0 Å². The topological polar surface area (TPSA) is 61.7 Å². The third-order valence-corrected chi connectivity index (χ3v) is 2.48. The Morgan fingerprint density at radius 3 is 2.70 bits per heavy atom. The summed E-state index contributed by atoms with van der Waals surface area (Å²) in [5.41, 5.74) is 1.99. The van der Waals surface area contributed by atoms with Crippen LogP contribution in [0.3, 0.4) is 0 Å². The van der Waals surface area contributed by atoms with Crippen LogP contribution in [0.25, 0.3) is 0 Å². The Morgan fingerprint density at radius 1 is 1.20 bits per heavy atom. The minimum absolute atomic E-state index is 0.0116. The van der Waals surface area contributed by atoms with Crippen LogP contribution in [0.1, 0.15) is 15.9 Å². The predicted molar refractivity (Wildman–Crippen MR) is 69.5 cm³/mol. The first-order valence-corrected chi connectivity index (χ1v) is 5.64. The maximum Gasteiger partial charge on any atom is 0.274 e. The monoisotopic (exact) mass is 276 g/mol. The SMILES string of the molecule is O=C(N/N=C\c1ccccc1O)c1cc(F)ccc1F. The molecule has 6 heteroatoms. The molecule has 20 heavy (non-hydrogen) atoms. The number of hydrogen-bond donors (Lipinski definition) is 2. The molecule has 0 aliphatic carbocycles. The second-order valence-corrected chi connectivity index (χ2v) is 3.88. The van der Waals surface area contributed by atoms with E-state index >= 15 is 0 Å². The number of rotatable bonds is 3. The number of hydrazone groups is 1. The van der Waals surface area contributed by atoms with Gasteiger partial charge < -0.3 is 5.11 Å². The second kappa shape index (κ2) is 5.92. The quantitative estimate of drug-likeness (QED) is 0.668. The number of phenols is 1. The molecule has 0 saturated heterocycles. The molecular formula is C14H10F2N2O2. The maximum absolute atomic E-state index is 13.3. The Kier molecular flexibility index (Phi) is 4.05. The molecule has 102 valence electrons. The van der Waals surface area contributed by atoms with Crippen molar-refractivity contribution in [2.75, 3.05) is 0 Å². The van der Waals surface area contributed by atoms with Gasteiger partial charge in [0.15, 0.2) is 0 Å². The number of carbonyl (C=O) groups excluding carboxylic acids is 1. The lowest BCUT2D eigenvalue weighted by Gasteiger charge is -2.02. The molecule has 0 radical (unpaired) electrons. The van der Waals surface area contributed by atoms with E-state index in [1.165, 1.54) is 12.3 Å². The average molecular weight is 276 g/mol. The normalized spacial score (nSPS) is 10.7. The van der Waals surface area contributed by atoms with E-state index in [2.05, 4.69) is 10.5 Å². The van der Waals surface area contributed by atoms with Crippen molar-refractivity contribution in [2.45, 2.75) is 0 Å². The fraction of sp³-hybridized carbons (Fsp3) is 0. The van der Waals surface area contributed by atoms with E-state index in [-0.39, 0.29) is 5.75 Å². The molecule has 0 fully saturated rings. The molecule has 0 saturated carbocycles. The van der Waals surface area contributed by atoms with Crippen LogP contribution in [0, 0.1) is 11.6 Å². The Bertz CT molecular complexity index is 672. The highest BCUT2D eigenvalue weighted by molar-refractivity contribution is 5.95. The van der Waals surface area contributed by atoms with Crippen molar-refractivity contribution in [1.82, 2.24) is 5.43 Å². The molecule has 0 aliphatic heterocycles. The van der Waals surface area contributed by atoms with Crippen LogP contribution < -0.4 is 5.43 Å². The lowest BCUT2D eigenvalue weighted by Crippen LogP contribution is -2.19. The van der Waals surface area contributed by atoms with Crippen molar-refractivity contribution in [3.63, 3.8) is 0 Å². The van der Waals surface area contributed by atoms with Crippen LogP contribution in [0.5, 0.6) is 5.75 Å². The molecule has 0 heterocycles. The Balaban J connectivity index is 2.09. The zero-order valence-corrected chi connectivity index (χ0v) is 10.2. The predicted octanol–water partition coefficient (Wildman–Crippen LogP) is 2.43. The number of halogens is 2. The van der Waals surface area contributed by atoms with Gasteiger partial charge in [0.25, 0.3) is 5.91 Å². The summed E-state index contributed by atoms with van der Waals surface area (Å²) in [5, 5.41) is 13.0. The van der Waals surface area contributed by atoms with Crippen molar-refractivity contribution in [1.29, 1.82) is 0 Å². The largest absolute Gasteiger partial charge is 0.507 e. The number of hydrogen-bond acceptors (Lipinski definition) is 3. The highest BCUT2D eigenvalue weighted by atomic mass is 19.1. The minimum Gasteiger partial charge on any atom is -0.507 e. The number of amides is 1. The van der Waals surface area contributed by atoms with Gasteiger partial charge in [-0.1, -0.05) is 12.1 Å². The Labute approximate surface area is 113 Å². The maximum atomic E-state index is 13.3. The van der Waals surface area contributed by atoms with Gasteiger partial charge in [-0.3, -0.25) is 4.79 Å². The van der Waals surface area contributed by atoms with Crippen molar-refractivity contribution < 1.29 is 18.7 Å². The van der Waals surface area contributed by atoms with Crippen LogP contribution >= 0.6 is 0 Å². The summed E-state index contributed by atoms with van der Waals surface area (Å²) in [6.45, 7) is 0. The second-order valence-electron chi connectivity index (χ2n) is 3.88. The molecule has 1 amide bonds. The van der Waals surface area contributed by atoms with E-state index in [4.69, 9.17) is 0 Å². The first-order valence-electron chi connectivity index (χ1n) is 5.64. The van der Waals surface area contributed by atoms with Crippen LogP contribution in [0.4, 0.5) is 8.78 Å². The number of benzene rings is 2. The molecule has 0 bridgehead atoms. The zero-order valence-electron chi connectivity index (χ0n) is 10.2. The van der Waals surface area contributed by atoms with E-state index < -0.39 is 23.1 Å². The molecule has 2 rings (SSSR count). The lowest BCUT2D eigenvalue weighted by atomic mass is 10.2. The lowest BCUT2D eigenvalue weighted by molar-refractivity contribution is 0.0950. The number of para-hydroxylation sites is 1. The molecule has 2 aromatic rings. The van der Waals surface area contributed by atoms with E-state index in [1.807, 2.05) is 0 Å².